The van der Waals surface area contributed by atoms with Crippen LogP contribution in [0.15, 0.2) is 42.5 Å². The molecule has 2 saturated carbocycles. The lowest BCUT2D eigenvalue weighted by molar-refractivity contribution is -0.231. The highest BCUT2D eigenvalue weighted by Gasteiger charge is 2.44. The highest BCUT2D eigenvalue weighted by atomic mass is 16.5. The number of hydrogen-bond acceptors (Lipinski definition) is 6. The van der Waals surface area contributed by atoms with Crippen molar-refractivity contribution in [2.45, 2.75) is 93.9 Å². The van der Waals surface area contributed by atoms with Gasteiger partial charge in [-0.1, -0.05) is 36.8 Å². The summed E-state index contributed by atoms with van der Waals surface area (Å²) in [4.78, 5) is 0. The summed E-state index contributed by atoms with van der Waals surface area (Å²) in [5.41, 5.74) is 4.42. The Labute approximate surface area is 201 Å². The van der Waals surface area contributed by atoms with Crippen molar-refractivity contribution in [1.29, 1.82) is 0 Å². The first-order valence-electron chi connectivity index (χ1n) is 12.7. The second-order valence-corrected chi connectivity index (χ2v) is 10.2. The van der Waals surface area contributed by atoms with Gasteiger partial charge in [0.1, 0.15) is 36.3 Å². The maximum Gasteiger partial charge on any atom is 0.119 e. The van der Waals surface area contributed by atoms with E-state index >= 15 is 0 Å². The summed E-state index contributed by atoms with van der Waals surface area (Å²) in [6.07, 6.45) is 3.80. The van der Waals surface area contributed by atoms with Gasteiger partial charge in [0.15, 0.2) is 0 Å². The van der Waals surface area contributed by atoms with Crippen molar-refractivity contribution in [2.75, 3.05) is 6.61 Å². The second kappa shape index (κ2) is 10.3. The molecule has 1 heterocycles. The van der Waals surface area contributed by atoms with Gasteiger partial charge in [-0.05, 0) is 85.3 Å². The summed E-state index contributed by atoms with van der Waals surface area (Å²) >= 11 is 0. The lowest BCUT2D eigenvalue weighted by Gasteiger charge is -2.40. The molecule has 3 aliphatic rings. The molecule has 34 heavy (non-hydrogen) atoms. The first kappa shape index (κ1) is 23.8. The molecule has 0 spiro atoms. The van der Waals surface area contributed by atoms with Crippen molar-refractivity contribution in [2.24, 2.45) is 0 Å². The van der Waals surface area contributed by atoms with E-state index < -0.39 is 37.1 Å². The topological polar surface area (TPSA) is 99.4 Å². The van der Waals surface area contributed by atoms with Gasteiger partial charge in [-0.3, -0.25) is 0 Å². The minimum absolute atomic E-state index is 0.330. The van der Waals surface area contributed by atoms with Crippen LogP contribution in [0.2, 0.25) is 0 Å². The zero-order chi connectivity index (χ0) is 23.7. The molecule has 0 bridgehead atoms. The fourth-order valence-corrected chi connectivity index (χ4v) is 5.41. The van der Waals surface area contributed by atoms with Crippen molar-refractivity contribution < 1.29 is 29.9 Å². The largest absolute Gasteiger partial charge is 0.490 e. The Kier molecular flexibility index (Phi) is 7.23. The quantitative estimate of drug-likeness (QED) is 0.497. The van der Waals surface area contributed by atoms with Gasteiger partial charge in [-0.25, -0.2) is 0 Å². The molecule has 0 unspecified atom stereocenters. The molecular weight excluding hydrogens is 432 g/mol. The minimum atomic E-state index is -1.38. The molecular formula is C28H36O6. The van der Waals surface area contributed by atoms with E-state index in [0.717, 1.165) is 30.6 Å². The monoisotopic (exact) mass is 468 g/mol. The van der Waals surface area contributed by atoms with Gasteiger partial charge in [0, 0.05) is 0 Å². The predicted molar refractivity (Wildman–Crippen MR) is 128 cm³/mol. The molecule has 2 aromatic carbocycles. The Morgan fingerprint density at radius 3 is 2.24 bits per heavy atom. The summed E-state index contributed by atoms with van der Waals surface area (Å²) in [6.45, 7) is -0.427. The minimum Gasteiger partial charge on any atom is -0.490 e. The molecule has 5 atom stereocenters. The van der Waals surface area contributed by atoms with E-state index in [1.807, 2.05) is 12.1 Å². The SMILES string of the molecule is OC[C@H]1O[C@@H](c2ccc(C3CC3)c(Cc3ccc(OC4CCCCC4)cc3)c2)[C@H](O)[C@@H](O)[C@@H]1O. The number of aliphatic hydroxyl groups excluding tert-OH is 4. The van der Waals surface area contributed by atoms with E-state index in [0.29, 0.717) is 12.0 Å². The molecule has 5 rings (SSSR count). The molecule has 3 fully saturated rings. The fourth-order valence-electron chi connectivity index (χ4n) is 5.41. The van der Waals surface area contributed by atoms with Crippen molar-refractivity contribution in [1.82, 2.24) is 0 Å². The van der Waals surface area contributed by atoms with Crippen LogP contribution in [0.5, 0.6) is 5.75 Å². The maximum absolute atomic E-state index is 10.6. The van der Waals surface area contributed by atoms with Crippen LogP contribution in [0, 0.1) is 0 Å². The van der Waals surface area contributed by atoms with Gasteiger partial charge in [0.05, 0.1) is 12.7 Å². The molecule has 184 valence electrons. The first-order valence-corrected chi connectivity index (χ1v) is 12.7. The molecule has 0 radical (unpaired) electrons. The van der Waals surface area contributed by atoms with Crippen LogP contribution in [0.4, 0.5) is 0 Å². The van der Waals surface area contributed by atoms with E-state index in [2.05, 4.69) is 30.3 Å². The Hall–Kier alpha value is -1.96. The highest BCUT2D eigenvalue weighted by Crippen LogP contribution is 2.43. The normalized spacial score (nSPS) is 30.3. The van der Waals surface area contributed by atoms with Crippen molar-refractivity contribution >= 4 is 0 Å². The lowest BCUT2D eigenvalue weighted by Crippen LogP contribution is -2.55. The third-order valence-corrected chi connectivity index (χ3v) is 7.58. The zero-order valence-corrected chi connectivity index (χ0v) is 19.6. The van der Waals surface area contributed by atoms with E-state index in [-0.39, 0.29) is 0 Å². The molecule has 6 nitrogen and oxygen atoms in total. The average molecular weight is 469 g/mol. The molecule has 2 aromatic rings. The second-order valence-electron chi connectivity index (χ2n) is 10.2. The molecule has 4 N–H and O–H groups in total. The number of rotatable bonds is 7. The first-order chi connectivity index (χ1) is 16.5. The molecule has 6 heteroatoms. The standard InChI is InChI=1S/C28H36O6/c29-16-24-25(30)26(31)27(32)28(34-24)19-10-13-23(18-8-9-18)20(15-19)14-17-6-11-22(12-7-17)33-21-4-2-1-3-5-21/h6-7,10-13,15,18,21,24-32H,1-5,8-9,14,16H2/t24-,25-,26+,27-,28+/m1/s1. The summed E-state index contributed by atoms with van der Waals surface area (Å²) < 4.78 is 12.0. The Morgan fingerprint density at radius 1 is 0.824 bits per heavy atom. The van der Waals surface area contributed by atoms with Gasteiger partial charge in [0.25, 0.3) is 0 Å². The zero-order valence-electron chi connectivity index (χ0n) is 19.6. The van der Waals surface area contributed by atoms with Crippen LogP contribution in [-0.4, -0.2) is 57.6 Å². The van der Waals surface area contributed by atoms with Crippen LogP contribution in [0.1, 0.15) is 79.2 Å². The number of hydrogen-bond donors (Lipinski definition) is 4. The molecule has 0 amide bonds. The van der Waals surface area contributed by atoms with Crippen LogP contribution in [0.3, 0.4) is 0 Å². The number of aliphatic hydroxyl groups is 4. The van der Waals surface area contributed by atoms with E-state index in [1.165, 1.54) is 48.8 Å². The van der Waals surface area contributed by atoms with Gasteiger partial charge in [0.2, 0.25) is 0 Å². The van der Waals surface area contributed by atoms with Crippen molar-refractivity contribution in [3.8, 4) is 5.75 Å². The summed E-state index contributed by atoms with van der Waals surface area (Å²) in [5, 5.41) is 40.5. The Balaban J connectivity index is 1.34. The number of ether oxygens (including phenoxy) is 2. The molecule has 1 saturated heterocycles. The third kappa shape index (κ3) is 5.16. The van der Waals surface area contributed by atoms with Gasteiger partial charge in [-0.15, -0.1) is 0 Å². The third-order valence-electron chi connectivity index (χ3n) is 7.58. The van der Waals surface area contributed by atoms with E-state index in [4.69, 9.17) is 9.47 Å². The van der Waals surface area contributed by atoms with Crippen LogP contribution in [0.25, 0.3) is 0 Å². The molecule has 2 aliphatic carbocycles. The predicted octanol–water partition coefficient (Wildman–Crippen LogP) is 3.38. The summed E-state index contributed by atoms with van der Waals surface area (Å²) in [7, 11) is 0. The molecule has 1 aliphatic heterocycles. The average Bonchev–Trinajstić information content (AvgIpc) is 3.70. The van der Waals surface area contributed by atoms with E-state index in [1.54, 1.807) is 0 Å². The van der Waals surface area contributed by atoms with Gasteiger partial charge in [-0.2, -0.15) is 0 Å². The maximum atomic E-state index is 10.6. The van der Waals surface area contributed by atoms with Crippen molar-refractivity contribution in [3.63, 3.8) is 0 Å². The summed E-state index contributed by atoms with van der Waals surface area (Å²) in [5.74, 6) is 1.49. The van der Waals surface area contributed by atoms with Crippen LogP contribution in [-0.2, 0) is 11.2 Å². The Morgan fingerprint density at radius 2 is 1.56 bits per heavy atom. The van der Waals surface area contributed by atoms with Gasteiger partial charge >= 0.3 is 0 Å². The van der Waals surface area contributed by atoms with E-state index in [9.17, 15) is 20.4 Å². The number of benzene rings is 2. The highest BCUT2D eigenvalue weighted by molar-refractivity contribution is 5.42. The fraction of sp³-hybridized carbons (Fsp3) is 0.571. The lowest BCUT2D eigenvalue weighted by atomic mass is 9.88. The van der Waals surface area contributed by atoms with Gasteiger partial charge < -0.3 is 29.9 Å². The molecule has 0 aromatic heterocycles. The summed E-state index contributed by atoms with van der Waals surface area (Å²) in [6, 6.07) is 14.4. The van der Waals surface area contributed by atoms with Crippen LogP contribution >= 0.6 is 0 Å². The Bertz CT molecular complexity index is 948. The van der Waals surface area contributed by atoms with Crippen LogP contribution < -0.4 is 4.74 Å². The smallest absolute Gasteiger partial charge is 0.119 e. The van der Waals surface area contributed by atoms with Crippen molar-refractivity contribution in [3.05, 3.63) is 64.7 Å².